The summed E-state index contributed by atoms with van der Waals surface area (Å²) >= 11 is 0. The van der Waals surface area contributed by atoms with E-state index in [4.69, 9.17) is 4.74 Å². The van der Waals surface area contributed by atoms with Crippen LogP contribution in [0.2, 0.25) is 0 Å². The second kappa shape index (κ2) is 6.32. The molecule has 0 N–H and O–H groups in total. The van der Waals surface area contributed by atoms with Crippen LogP contribution < -0.4 is 0 Å². The van der Waals surface area contributed by atoms with Crippen molar-refractivity contribution in [3.8, 4) is 0 Å². The van der Waals surface area contributed by atoms with Gasteiger partial charge in [0.25, 0.3) is 0 Å². The summed E-state index contributed by atoms with van der Waals surface area (Å²) in [6, 6.07) is 2.08. The van der Waals surface area contributed by atoms with E-state index in [1.54, 1.807) is 0 Å². The Hall–Kier alpha value is -1.50. The van der Waals surface area contributed by atoms with Crippen molar-refractivity contribution in [2.45, 2.75) is 26.5 Å². The van der Waals surface area contributed by atoms with E-state index in [1.165, 1.54) is 5.69 Å². The van der Waals surface area contributed by atoms with Crippen LogP contribution in [-0.2, 0) is 11.3 Å². The largest absolute Gasteiger partial charge is 0.374 e. The van der Waals surface area contributed by atoms with E-state index in [0.29, 0.717) is 0 Å². The molecule has 1 atom stereocenters. The molecule has 1 fully saturated rings. The van der Waals surface area contributed by atoms with Crippen molar-refractivity contribution < 1.29 is 4.74 Å². The second-order valence-electron chi connectivity index (χ2n) is 6.43. The van der Waals surface area contributed by atoms with Crippen LogP contribution in [0.3, 0.4) is 0 Å². The molecule has 2 aromatic rings. The smallest absolute Gasteiger partial charge is 0.234 e. The molecular formula is C16H25N5O. The lowest BCUT2D eigenvalue weighted by molar-refractivity contribution is -0.0409. The van der Waals surface area contributed by atoms with Gasteiger partial charge >= 0.3 is 0 Å². The van der Waals surface area contributed by atoms with Crippen molar-refractivity contribution in [2.75, 3.05) is 40.3 Å². The Balaban J connectivity index is 1.71. The summed E-state index contributed by atoms with van der Waals surface area (Å²) in [5, 5.41) is 0. The zero-order valence-corrected chi connectivity index (χ0v) is 13.9. The molecule has 0 amide bonds. The SMILES string of the molecule is Cc1cc(C)n2cc(CN3CCO[C@@H](CN(C)C)C3)nc2n1. The van der Waals surface area contributed by atoms with Gasteiger partial charge in [0, 0.05) is 43.8 Å². The van der Waals surface area contributed by atoms with Gasteiger partial charge in [-0.15, -0.1) is 0 Å². The number of nitrogens with zero attached hydrogens (tertiary/aromatic N) is 5. The number of morpholine rings is 1. The summed E-state index contributed by atoms with van der Waals surface area (Å²) in [7, 11) is 4.17. The zero-order valence-electron chi connectivity index (χ0n) is 13.9. The third kappa shape index (κ3) is 3.45. The van der Waals surface area contributed by atoms with Gasteiger partial charge in [0.1, 0.15) is 0 Å². The number of ether oxygens (including phenoxy) is 1. The first-order valence-electron chi connectivity index (χ1n) is 7.82. The average molecular weight is 303 g/mol. The van der Waals surface area contributed by atoms with Crippen molar-refractivity contribution in [3.05, 3.63) is 29.3 Å². The molecule has 3 heterocycles. The van der Waals surface area contributed by atoms with E-state index in [2.05, 4.69) is 57.5 Å². The Morgan fingerprint density at radius 2 is 2.14 bits per heavy atom. The summed E-state index contributed by atoms with van der Waals surface area (Å²) in [6.07, 6.45) is 2.39. The molecule has 0 radical (unpaired) electrons. The van der Waals surface area contributed by atoms with Crippen molar-refractivity contribution in [1.82, 2.24) is 24.2 Å². The predicted molar refractivity (Wildman–Crippen MR) is 86.0 cm³/mol. The van der Waals surface area contributed by atoms with Crippen molar-refractivity contribution in [2.24, 2.45) is 0 Å². The maximum absolute atomic E-state index is 5.83. The quantitative estimate of drug-likeness (QED) is 0.847. The Bertz CT molecular complexity index is 651. The van der Waals surface area contributed by atoms with Crippen LogP contribution in [0.25, 0.3) is 5.78 Å². The lowest BCUT2D eigenvalue weighted by atomic mass is 10.2. The standard InChI is InChI=1S/C16H25N5O/c1-12-7-13(2)21-9-14(18-16(21)17-12)8-20-5-6-22-15(11-20)10-19(3)4/h7,9,15H,5-6,8,10-11H2,1-4H3/t15-/m0/s1. The highest BCUT2D eigenvalue weighted by atomic mass is 16.5. The van der Waals surface area contributed by atoms with Crippen LogP contribution in [0.4, 0.5) is 0 Å². The van der Waals surface area contributed by atoms with Gasteiger partial charge in [0.2, 0.25) is 5.78 Å². The van der Waals surface area contributed by atoms with E-state index < -0.39 is 0 Å². The molecule has 0 spiro atoms. The van der Waals surface area contributed by atoms with Gasteiger partial charge < -0.3 is 9.64 Å². The molecule has 1 aliphatic rings. The lowest BCUT2D eigenvalue weighted by Crippen LogP contribution is -2.46. The van der Waals surface area contributed by atoms with E-state index in [1.807, 2.05) is 6.92 Å². The van der Waals surface area contributed by atoms with Gasteiger partial charge in [0.05, 0.1) is 18.4 Å². The van der Waals surface area contributed by atoms with Crippen LogP contribution in [0.15, 0.2) is 12.3 Å². The van der Waals surface area contributed by atoms with E-state index in [-0.39, 0.29) is 6.10 Å². The Labute approximate surface area is 131 Å². The lowest BCUT2D eigenvalue weighted by Gasteiger charge is -2.33. The number of fused-ring (bicyclic) bond motifs is 1. The van der Waals surface area contributed by atoms with Gasteiger partial charge in [-0.05, 0) is 34.0 Å². The number of aromatic nitrogens is 3. The summed E-state index contributed by atoms with van der Waals surface area (Å²) in [4.78, 5) is 13.8. The minimum atomic E-state index is 0.280. The van der Waals surface area contributed by atoms with Crippen molar-refractivity contribution in [1.29, 1.82) is 0 Å². The van der Waals surface area contributed by atoms with Gasteiger partial charge in [0.15, 0.2) is 0 Å². The fourth-order valence-electron chi connectivity index (χ4n) is 3.07. The van der Waals surface area contributed by atoms with Gasteiger partial charge in [-0.3, -0.25) is 9.30 Å². The molecule has 2 aromatic heterocycles. The highest BCUT2D eigenvalue weighted by Gasteiger charge is 2.21. The molecule has 0 saturated carbocycles. The maximum Gasteiger partial charge on any atom is 0.234 e. The third-order valence-corrected chi connectivity index (χ3v) is 3.99. The minimum Gasteiger partial charge on any atom is -0.374 e. The highest BCUT2D eigenvalue weighted by molar-refractivity contribution is 5.34. The molecular weight excluding hydrogens is 278 g/mol. The summed E-state index contributed by atoms with van der Waals surface area (Å²) in [5.41, 5.74) is 3.26. The summed E-state index contributed by atoms with van der Waals surface area (Å²) in [6.45, 7) is 8.63. The van der Waals surface area contributed by atoms with Crippen LogP contribution in [0.5, 0.6) is 0 Å². The van der Waals surface area contributed by atoms with Crippen molar-refractivity contribution >= 4 is 5.78 Å². The normalized spacial score (nSPS) is 20.1. The van der Waals surface area contributed by atoms with E-state index >= 15 is 0 Å². The molecule has 22 heavy (non-hydrogen) atoms. The number of imidazole rings is 1. The average Bonchev–Trinajstić information content (AvgIpc) is 2.81. The highest BCUT2D eigenvalue weighted by Crippen LogP contribution is 2.13. The Morgan fingerprint density at radius 3 is 2.91 bits per heavy atom. The van der Waals surface area contributed by atoms with E-state index in [9.17, 15) is 0 Å². The van der Waals surface area contributed by atoms with Crippen molar-refractivity contribution in [3.63, 3.8) is 0 Å². The van der Waals surface area contributed by atoms with Crippen LogP contribution >= 0.6 is 0 Å². The van der Waals surface area contributed by atoms with Gasteiger partial charge in [-0.25, -0.2) is 9.97 Å². The summed E-state index contributed by atoms with van der Waals surface area (Å²) in [5.74, 6) is 0.797. The van der Waals surface area contributed by atoms with Gasteiger partial charge in [-0.2, -0.15) is 0 Å². The van der Waals surface area contributed by atoms with Gasteiger partial charge in [-0.1, -0.05) is 0 Å². The molecule has 0 bridgehead atoms. The molecule has 0 aliphatic carbocycles. The molecule has 0 aromatic carbocycles. The fraction of sp³-hybridized carbons (Fsp3) is 0.625. The number of aryl methyl sites for hydroxylation is 2. The molecule has 120 valence electrons. The zero-order chi connectivity index (χ0) is 15.7. The number of likely N-dealkylation sites (N-methyl/N-ethyl adjacent to an activating group) is 1. The van der Waals surface area contributed by atoms with Crippen LogP contribution in [0.1, 0.15) is 17.1 Å². The predicted octanol–water partition coefficient (Wildman–Crippen LogP) is 1.11. The monoisotopic (exact) mass is 303 g/mol. The molecule has 1 saturated heterocycles. The molecule has 3 rings (SSSR count). The fourth-order valence-corrected chi connectivity index (χ4v) is 3.07. The first-order chi connectivity index (χ1) is 10.5. The topological polar surface area (TPSA) is 45.9 Å². The number of hydrogen-bond acceptors (Lipinski definition) is 5. The molecule has 1 aliphatic heterocycles. The molecule has 0 unspecified atom stereocenters. The minimum absolute atomic E-state index is 0.280. The Morgan fingerprint density at radius 1 is 1.32 bits per heavy atom. The third-order valence-electron chi connectivity index (χ3n) is 3.99. The number of rotatable bonds is 4. The Kier molecular flexibility index (Phi) is 4.42. The van der Waals surface area contributed by atoms with Crippen LogP contribution in [-0.4, -0.2) is 70.6 Å². The first-order valence-corrected chi connectivity index (χ1v) is 7.82. The second-order valence-corrected chi connectivity index (χ2v) is 6.43. The number of hydrogen-bond donors (Lipinski definition) is 0. The maximum atomic E-state index is 5.83. The van der Waals surface area contributed by atoms with Crippen LogP contribution in [0, 0.1) is 13.8 Å². The molecule has 6 nitrogen and oxygen atoms in total. The summed E-state index contributed by atoms with van der Waals surface area (Å²) < 4.78 is 7.90. The first kappa shape index (κ1) is 15.4. The van der Waals surface area contributed by atoms with E-state index in [0.717, 1.165) is 50.0 Å². The molecule has 6 heteroatoms.